The first-order valence-corrected chi connectivity index (χ1v) is 9.69. The molecule has 2 N–H and O–H groups in total. The monoisotopic (exact) mass is 424 g/mol. The second-order valence-electron chi connectivity index (χ2n) is 6.70. The van der Waals surface area contributed by atoms with Gasteiger partial charge in [-0.1, -0.05) is 35.7 Å². The van der Waals surface area contributed by atoms with E-state index in [-0.39, 0.29) is 24.4 Å². The molecule has 1 aromatic carbocycles. The highest BCUT2D eigenvalue weighted by atomic mass is 79.9. The van der Waals surface area contributed by atoms with Gasteiger partial charge >= 0.3 is 5.97 Å². The molecule has 6 nitrogen and oxygen atoms in total. The summed E-state index contributed by atoms with van der Waals surface area (Å²) in [5.41, 5.74) is 0.443. The second kappa shape index (κ2) is 9.71. The van der Waals surface area contributed by atoms with Gasteiger partial charge in [-0.15, -0.1) is 0 Å². The third-order valence-corrected chi connectivity index (χ3v) is 5.14. The summed E-state index contributed by atoms with van der Waals surface area (Å²) in [6.45, 7) is 3.38. The van der Waals surface area contributed by atoms with Crippen molar-refractivity contribution in [1.82, 2.24) is 10.6 Å². The number of hydrogen-bond acceptors (Lipinski definition) is 4. The van der Waals surface area contributed by atoms with Gasteiger partial charge in [-0.05, 0) is 49.9 Å². The normalized spacial score (nSPS) is 20.7. The van der Waals surface area contributed by atoms with Gasteiger partial charge < -0.3 is 15.4 Å². The number of nitrogens with one attached hydrogen (secondary N) is 2. The predicted octanol–water partition coefficient (Wildman–Crippen LogP) is 2.81. The Hall–Kier alpha value is -1.89. The van der Waals surface area contributed by atoms with Crippen LogP contribution in [0.3, 0.4) is 0 Å². The average molecular weight is 425 g/mol. The van der Waals surface area contributed by atoms with E-state index < -0.39 is 12.1 Å². The smallest absolute Gasteiger partial charge is 0.326 e. The maximum atomic E-state index is 12.2. The fraction of sp³-hybridized carbons (Fsp3) is 0.526. The van der Waals surface area contributed by atoms with Gasteiger partial charge in [0.1, 0.15) is 6.54 Å². The zero-order valence-electron chi connectivity index (χ0n) is 15.1. The van der Waals surface area contributed by atoms with Crippen LogP contribution in [0, 0.1) is 5.92 Å². The zero-order chi connectivity index (χ0) is 19.1. The maximum absolute atomic E-state index is 12.2. The van der Waals surface area contributed by atoms with E-state index in [0.717, 1.165) is 23.7 Å². The van der Waals surface area contributed by atoms with E-state index in [1.54, 1.807) is 24.3 Å². The second-order valence-corrected chi connectivity index (χ2v) is 7.61. The first-order valence-electron chi connectivity index (χ1n) is 8.90. The number of ether oxygens (including phenoxy) is 1. The number of halogens is 1. The van der Waals surface area contributed by atoms with Crippen LogP contribution in [0.1, 0.15) is 49.9 Å². The summed E-state index contributed by atoms with van der Waals surface area (Å²) < 4.78 is 5.98. The minimum Gasteiger partial charge on any atom is -0.451 e. The topological polar surface area (TPSA) is 84.5 Å². The van der Waals surface area contributed by atoms with Gasteiger partial charge in [0.15, 0.2) is 6.10 Å². The average Bonchev–Trinajstić information content (AvgIpc) is 2.62. The van der Waals surface area contributed by atoms with Gasteiger partial charge in [-0.3, -0.25) is 14.4 Å². The SMILES string of the molecule is C[C@H](OC(=O)CNC(=O)c1ccc(Br)cc1)C(=O)N[C@@H]1CCCC[C@@H]1C. The molecular formula is C19H25BrN2O4. The zero-order valence-corrected chi connectivity index (χ0v) is 16.7. The van der Waals surface area contributed by atoms with E-state index >= 15 is 0 Å². The van der Waals surface area contributed by atoms with Crippen molar-refractivity contribution < 1.29 is 19.1 Å². The summed E-state index contributed by atoms with van der Waals surface area (Å²) in [7, 11) is 0. The van der Waals surface area contributed by atoms with Crippen LogP contribution in [-0.2, 0) is 14.3 Å². The number of benzene rings is 1. The molecule has 2 rings (SSSR count). The predicted molar refractivity (Wildman–Crippen MR) is 102 cm³/mol. The van der Waals surface area contributed by atoms with E-state index in [9.17, 15) is 14.4 Å². The number of rotatable bonds is 6. The van der Waals surface area contributed by atoms with Crippen LogP contribution < -0.4 is 10.6 Å². The molecule has 0 aromatic heterocycles. The summed E-state index contributed by atoms with van der Waals surface area (Å²) in [5.74, 6) is -0.880. The number of hydrogen-bond donors (Lipinski definition) is 2. The highest BCUT2D eigenvalue weighted by Crippen LogP contribution is 2.23. The van der Waals surface area contributed by atoms with Crippen molar-refractivity contribution in [3.05, 3.63) is 34.3 Å². The molecule has 0 spiro atoms. The Morgan fingerprint density at radius 1 is 1.19 bits per heavy atom. The molecule has 0 radical (unpaired) electrons. The van der Waals surface area contributed by atoms with E-state index in [1.807, 2.05) is 0 Å². The summed E-state index contributed by atoms with van der Waals surface area (Å²) in [6.07, 6.45) is 3.46. The van der Waals surface area contributed by atoms with E-state index in [4.69, 9.17) is 4.74 Å². The molecule has 142 valence electrons. The molecule has 1 fully saturated rings. The third kappa shape index (κ3) is 6.12. The Labute approximate surface area is 162 Å². The summed E-state index contributed by atoms with van der Waals surface area (Å²) >= 11 is 3.29. The van der Waals surface area contributed by atoms with Crippen LogP contribution in [0.2, 0.25) is 0 Å². The van der Waals surface area contributed by atoms with Gasteiger partial charge in [-0.25, -0.2) is 0 Å². The Morgan fingerprint density at radius 3 is 2.50 bits per heavy atom. The van der Waals surface area contributed by atoms with Crippen LogP contribution in [0.5, 0.6) is 0 Å². The molecule has 1 aliphatic carbocycles. The lowest BCUT2D eigenvalue weighted by Gasteiger charge is -2.30. The first kappa shape index (κ1) is 20.4. The minimum atomic E-state index is -0.888. The van der Waals surface area contributed by atoms with Crippen LogP contribution >= 0.6 is 15.9 Å². The van der Waals surface area contributed by atoms with E-state index in [2.05, 4.69) is 33.5 Å². The van der Waals surface area contributed by atoms with Gasteiger partial charge in [0, 0.05) is 16.1 Å². The molecule has 1 aromatic rings. The van der Waals surface area contributed by atoms with Crippen molar-refractivity contribution in [3.8, 4) is 0 Å². The molecule has 7 heteroatoms. The molecule has 26 heavy (non-hydrogen) atoms. The van der Waals surface area contributed by atoms with Gasteiger partial charge in [0.25, 0.3) is 11.8 Å². The van der Waals surface area contributed by atoms with E-state index in [1.165, 1.54) is 13.3 Å². The number of amides is 2. The highest BCUT2D eigenvalue weighted by molar-refractivity contribution is 9.10. The molecule has 0 unspecified atom stereocenters. The summed E-state index contributed by atoms with van der Waals surface area (Å²) in [5, 5.41) is 5.45. The Bertz CT molecular complexity index is 647. The molecule has 3 atom stereocenters. The molecule has 1 saturated carbocycles. The van der Waals surface area contributed by atoms with Crippen LogP contribution in [-0.4, -0.2) is 36.5 Å². The lowest BCUT2D eigenvalue weighted by molar-refractivity contribution is -0.154. The van der Waals surface area contributed by atoms with Crippen molar-refractivity contribution >= 4 is 33.7 Å². The van der Waals surface area contributed by atoms with Crippen LogP contribution in [0.15, 0.2) is 28.7 Å². The maximum Gasteiger partial charge on any atom is 0.326 e. The number of esters is 1. The first-order chi connectivity index (χ1) is 12.4. The van der Waals surface area contributed by atoms with Crippen molar-refractivity contribution in [2.24, 2.45) is 5.92 Å². The molecule has 0 heterocycles. The molecule has 2 amide bonds. The number of carbonyl (C=O) groups excluding carboxylic acids is 3. The van der Waals surface area contributed by atoms with Crippen LogP contribution in [0.25, 0.3) is 0 Å². The van der Waals surface area contributed by atoms with E-state index in [0.29, 0.717) is 11.5 Å². The van der Waals surface area contributed by atoms with Crippen molar-refractivity contribution in [2.75, 3.05) is 6.54 Å². The standard InChI is InChI=1S/C19H25BrN2O4/c1-12-5-3-4-6-16(12)22-18(24)13(2)26-17(23)11-21-19(25)14-7-9-15(20)10-8-14/h7-10,12-13,16H,3-6,11H2,1-2H3,(H,21,25)(H,22,24)/t12-,13-,16+/m0/s1. The van der Waals surface area contributed by atoms with Crippen molar-refractivity contribution in [2.45, 2.75) is 51.7 Å². The fourth-order valence-corrected chi connectivity index (χ4v) is 3.24. The summed E-state index contributed by atoms with van der Waals surface area (Å²) in [6, 6.07) is 6.91. The van der Waals surface area contributed by atoms with Crippen molar-refractivity contribution in [1.29, 1.82) is 0 Å². The Kier molecular flexibility index (Phi) is 7.63. The van der Waals surface area contributed by atoms with Gasteiger partial charge in [-0.2, -0.15) is 0 Å². The van der Waals surface area contributed by atoms with Gasteiger partial charge in [0.2, 0.25) is 0 Å². The third-order valence-electron chi connectivity index (χ3n) is 4.62. The fourth-order valence-electron chi connectivity index (χ4n) is 2.98. The molecule has 0 aliphatic heterocycles. The highest BCUT2D eigenvalue weighted by Gasteiger charge is 2.26. The van der Waals surface area contributed by atoms with Crippen LogP contribution in [0.4, 0.5) is 0 Å². The summed E-state index contributed by atoms with van der Waals surface area (Å²) in [4.78, 5) is 36.0. The molecule has 1 aliphatic rings. The molecule has 0 bridgehead atoms. The lowest BCUT2D eigenvalue weighted by Crippen LogP contribution is -2.46. The Morgan fingerprint density at radius 2 is 1.85 bits per heavy atom. The quantitative estimate of drug-likeness (QED) is 0.687. The van der Waals surface area contributed by atoms with Gasteiger partial charge in [0.05, 0.1) is 0 Å². The largest absolute Gasteiger partial charge is 0.451 e. The number of carbonyl (C=O) groups is 3. The lowest BCUT2D eigenvalue weighted by atomic mass is 9.86. The Balaban J connectivity index is 1.74. The van der Waals surface area contributed by atoms with Crippen molar-refractivity contribution in [3.63, 3.8) is 0 Å². The minimum absolute atomic E-state index is 0.134. The molecule has 0 saturated heterocycles. The molecular weight excluding hydrogens is 400 g/mol.